The molecule has 1 heterocycles. The van der Waals surface area contributed by atoms with E-state index in [1.165, 1.54) is 0 Å². The second kappa shape index (κ2) is 3.61. The van der Waals surface area contributed by atoms with E-state index in [2.05, 4.69) is 20.9 Å². The van der Waals surface area contributed by atoms with Gasteiger partial charge in [0.1, 0.15) is 5.82 Å². The lowest BCUT2D eigenvalue weighted by atomic mass is 9.95. The highest BCUT2D eigenvalue weighted by molar-refractivity contribution is 9.10. The molecule has 0 aliphatic heterocycles. The topological polar surface area (TPSA) is 85.2 Å². The highest BCUT2D eigenvalue weighted by Gasteiger charge is 2.23. The summed E-state index contributed by atoms with van der Waals surface area (Å²) in [5.74, 6) is 0.392. The van der Waals surface area contributed by atoms with Crippen LogP contribution in [0.5, 0.6) is 0 Å². The number of nitrogens with zero attached hydrogens (tertiary/aromatic N) is 1. The first-order valence-electron chi connectivity index (χ1n) is 3.78. The minimum absolute atomic E-state index is 0.144. The summed E-state index contributed by atoms with van der Waals surface area (Å²) in [7, 11) is 0. The third-order valence-corrected chi connectivity index (χ3v) is 2.45. The number of pyridine rings is 1. The first kappa shape index (κ1) is 10.4. The van der Waals surface area contributed by atoms with Gasteiger partial charge in [0.2, 0.25) is 0 Å². The highest BCUT2D eigenvalue weighted by Crippen LogP contribution is 2.26. The maximum absolute atomic E-state index is 9.06. The lowest BCUT2D eigenvalue weighted by molar-refractivity contribution is 0.209. The maximum atomic E-state index is 9.06. The van der Waals surface area contributed by atoms with Gasteiger partial charge in [-0.2, -0.15) is 0 Å². The summed E-state index contributed by atoms with van der Waals surface area (Å²) >= 11 is 3.30. The summed E-state index contributed by atoms with van der Waals surface area (Å²) in [6, 6.07) is 1.65. The number of aliphatic hydroxyl groups excluding tert-OH is 1. The second-order valence-corrected chi connectivity index (χ2v) is 4.02. The molecule has 0 aliphatic carbocycles. The van der Waals surface area contributed by atoms with Crippen molar-refractivity contribution in [3.8, 4) is 0 Å². The Bertz CT molecular complexity index is 314. The maximum Gasteiger partial charge on any atom is 0.123 e. The zero-order chi connectivity index (χ0) is 10.1. The summed E-state index contributed by atoms with van der Waals surface area (Å²) in [6.45, 7) is 1.58. The highest BCUT2D eigenvalue weighted by atomic mass is 79.9. The molecule has 5 heteroatoms. The molecular formula is C8H12BrN3O. The molecule has 1 rings (SSSR count). The van der Waals surface area contributed by atoms with Crippen molar-refractivity contribution in [1.82, 2.24) is 4.98 Å². The lowest BCUT2D eigenvalue weighted by Gasteiger charge is -2.23. The van der Waals surface area contributed by atoms with Crippen LogP contribution >= 0.6 is 15.9 Å². The van der Waals surface area contributed by atoms with Crippen LogP contribution in [-0.4, -0.2) is 16.7 Å². The predicted molar refractivity (Wildman–Crippen MR) is 55.0 cm³/mol. The normalized spacial score (nSPS) is 15.4. The summed E-state index contributed by atoms with van der Waals surface area (Å²) < 4.78 is 0.751. The summed E-state index contributed by atoms with van der Waals surface area (Å²) in [4.78, 5) is 3.88. The van der Waals surface area contributed by atoms with E-state index in [1.54, 1.807) is 19.2 Å². The molecule has 1 aromatic heterocycles. The minimum atomic E-state index is -0.796. The number of rotatable bonds is 2. The smallest absolute Gasteiger partial charge is 0.123 e. The number of halogens is 1. The van der Waals surface area contributed by atoms with Crippen molar-refractivity contribution in [2.45, 2.75) is 12.5 Å². The SMILES string of the molecule is CC(N)(CO)c1cc(N)ncc1Br. The summed E-state index contributed by atoms with van der Waals surface area (Å²) in [5.41, 5.74) is 11.3. The molecule has 1 atom stereocenters. The van der Waals surface area contributed by atoms with E-state index in [0.717, 1.165) is 10.0 Å². The molecule has 0 radical (unpaired) electrons. The van der Waals surface area contributed by atoms with Crippen LogP contribution in [-0.2, 0) is 5.54 Å². The molecule has 4 nitrogen and oxygen atoms in total. The molecule has 0 spiro atoms. The summed E-state index contributed by atoms with van der Waals surface area (Å²) in [5, 5.41) is 9.06. The molecule has 1 unspecified atom stereocenters. The first-order valence-corrected chi connectivity index (χ1v) is 4.58. The fourth-order valence-corrected chi connectivity index (χ4v) is 1.65. The molecule has 5 N–H and O–H groups in total. The third-order valence-electron chi connectivity index (χ3n) is 1.82. The molecule has 72 valence electrons. The number of aliphatic hydroxyl groups is 1. The van der Waals surface area contributed by atoms with Crippen LogP contribution in [0.3, 0.4) is 0 Å². The monoisotopic (exact) mass is 245 g/mol. The molecule has 0 bridgehead atoms. The quantitative estimate of drug-likeness (QED) is 0.713. The van der Waals surface area contributed by atoms with Crippen LogP contribution in [0.1, 0.15) is 12.5 Å². The predicted octanol–water partition coefficient (Wildman–Crippen LogP) is 0.593. The van der Waals surface area contributed by atoms with Gasteiger partial charge in [-0.3, -0.25) is 0 Å². The van der Waals surface area contributed by atoms with Gasteiger partial charge in [0.05, 0.1) is 12.1 Å². The van der Waals surface area contributed by atoms with E-state index in [-0.39, 0.29) is 6.61 Å². The van der Waals surface area contributed by atoms with Crippen LogP contribution in [0.25, 0.3) is 0 Å². The Morgan fingerprint density at radius 3 is 2.85 bits per heavy atom. The van der Waals surface area contributed by atoms with E-state index in [0.29, 0.717) is 5.82 Å². The number of aromatic nitrogens is 1. The molecule has 0 amide bonds. The van der Waals surface area contributed by atoms with E-state index >= 15 is 0 Å². The Hall–Kier alpha value is -0.650. The van der Waals surface area contributed by atoms with Gasteiger partial charge in [-0.15, -0.1) is 0 Å². The molecule has 0 aliphatic rings. The van der Waals surface area contributed by atoms with E-state index in [9.17, 15) is 0 Å². The van der Waals surface area contributed by atoms with Crippen LogP contribution in [0.4, 0.5) is 5.82 Å². The zero-order valence-electron chi connectivity index (χ0n) is 7.29. The number of hydrogen-bond acceptors (Lipinski definition) is 4. The molecule has 0 aromatic carbocycles. The molecular weight excluding hydrogens is 234 g/mol. The minimum Gasteiger partial charge on any atom is -0.394 e. The van der Waals surface area contributed by atoms with Crippen LogP contribution in [0.2, 0.25) is 0 Å². The van der Waals surface area contributed by atoms with Gasteiger partial charge in [-0.05, 0) is 34.5 Å². The van der Waals surface area contributed by atoms with Crippen LogP contribution < -0.4 is 11.5 Å². The molecule has 0 fully saturated rings. The Balaban J connectivity index is 3.20. The number of nitrogen functional groups attached to an aromatic ring is 1. The average Bonchev–Trinajstić information content (AvgIpc) is 2.09. The lowest BCUT2D eigenvalue weighted by Crippen LogP contribution is -2.37. The van der Waals surface area contributed by atoms with Crippen molar-refractivity contribution < 1.29 is 5.11 Å². The van der Waals surface area contributed by atoms with Crippen molar-refractivity contribution in [2.75, 3.05) is 12.3 Å². The summed E-state index contributed by atoms with van der Waals surface area (Å²) in [6.07, 6.45) is 1.57. The number of hydrogen-bond donors (Lipinski definition) is 3. The fraction of sp³-hybridized carbons (Fsp3) is 0.375. The molecule has 13 heavy (non-hydrogen) atoms. The van der Waals surface area contributed by atoms with Crippen molar-refractivity contribution in [3.05, 3.63) is 22.3 Å². The fourth-order valence-electron chi connectivity index (χ4n) is 0.978. The van der Waals surface area contributed by atoms with Crippen molar-refractivity contribution in [1.29, 1.82) is 0 Å². The van der Waals surface area contributed by atoms with Crippen molar-refractivity contribution in [2.24, 2.45) is 5.73 Å². The third kappa shape index (κ3) is 2.18. The Labute approximate surface area is 85.1 Å². The Morgan fingerprint density at radius 2 is 2.31 bits per heavy atom. The van der Waals surface area contributed by atoms with E-state index < -0.39 is 5.54 Å². The van der Waals surface area contributed by atoms with E-state index in [4.69, 9.17) is 16.6 Å². The largest absolute Gasteiger partial charge is 0.394 e. The van der Waals surface area contributed by atoms with Crippen LogP contribution in [0.15, 0.2) is 16.7 Å². The Morgan fingerprint density at radius 1 is 1.69 bits per heavy atom. The average molecular weight is 246 g/mol. The van der Waals surface area contributed by atoms with Gasteiger partial charge in [0.15, 0.2) is 0 Å². The van der Waals surface area contributed by atoms with Gasteiger partial charge in [0.25, 0.3) is 0 Å². The Kier molecular flexibility index (Phi) is 2.90. The first-order chi connectivity index (χ1) is 5.97. The van der Waals surface area contributed by atoms with Gasteiger partial charge in [-0.25, -0.2) is 4.98 Å². The number of anilines is 1. The van der Waals surface area contributed by atoms with E-state index in [1.807, 2.05) is 0 Å². The van der Waals surface area contributed by atoms with Gasteiger partial charge in [0, 0.05) is 10.7 Å². The molecule has 1 aromatic rings. The second-order valence-electron chi connectivity index (χ2n) is 3.16. The zero-order valence-corrected chi connectivity index (χ0v) is 8.87. The standard InChI is InChI=1S/C8H12BrN3O/c1-8(11,4-13)5-2-7(10)12-3-6(5)9/h2-3,13H,4,11H2,1H3,(H2,10,12). The molecule has 0 saturated carbocycles. The molecule has 0 saturated heterocycles. The number of nitrogens with two attached hydrogens (primary N) is 2. The van der Waals surface area contributed by atoms with Crippen LogP contribution in [0, 0.1) is 0 Å². The van der Waals surface area contributed by atoms with Crippen molar-refractivity contribution in [3.63, 3.8) is 0 Å². The van der Waals surface area contributed by atoms with Gasteiger partial charge < -0.3 is 16.6 Å². The van der Waals surface area contributed by atoms with Gasteiger partial charge in [-0.1, -0.05) is 0 Å². The van der Waals surface area contributed by atoms with Crippen molar-refractivity contribution >= 4 is 21.7 Å². The van der Waals surface area contributed by atoms with Gasteiger partial charge >= 0.3 is 0 Å².